The van der Waals surface area contributed by atoms with Gasteiger partial charge in [0.15, 0.2) is 11.5 Å². The Bertz CT molecular complexity index is 905. The van der Waals surface area contributed by atoms with Gasteiger partial charge in [-0.25, -0.2) is 8.42 Å². The van der Waals surface area contributed by atoms with Gasteiger partial charge in [-0.2, -0.15) is 9.29 Å². The van der Waals surface area contributed by atoms with Crippen molar-refractivity contribution in [1.29, 1.82) is 0 Å². The summed E-state index contributed by atoms with van der Waals surface area (Å²) < 4.78 is 48.4. The molecule has 0 amide bonds. The molecule has 1 aliphatic rings. The van der Waals surface area contributed by atoms with Gasteiger partial charge in [0.1, 0.15) is 6.10 Å². The van der Waals surface area contributed by atoms with Crippen molar-refractivity contribution in [1.82, 2.24) is 14.3 Å². The van der Waals surface area contributed by atoms with E-state index in [1.807, 2.05) is 0 Å². The monoisotopic (exact) mass is 395 g/mol. The van der Waals surface area contributed by atoms with Crippen molar-refractivity contribution in [3.63, 3.8) is 0 Å². The zero-order valence-electron chi connectivity index (χ0n) is 15.3. The molecular formula is C17H21N3O6S. The van der Waals surface area contributed by atoms with Gasteiger partial charge in [0.2, 0.25) is 21.8 Å². The molecule has 1 unspecified atom stereocenters. The van der Waals surface area contributed by atoms with Crippen LogP contribution in [0.1, 0.15) is 6.42 Å². The van der Waals surface area contributed by atoms with E-state index in [0.29, 0.717) is 36.2 Å². The lowest BCUT2D eigenvalue weighted by molar-refractivity contribution is 0.203. The summed E-state index contributed by atoms with van der Waals surface area (Å²) in [6.07, 6.45) is 3.16. The van der Waals surface area contributed by atoms with Crippen LogP contribution in [0.3, 0.4) is 0 Å². The SMILES string of the molecule is COc1cncc(OC2CCN(S(=O)(=O)c3ccc(OC)c(OC)c3)C2)n1. The smallest absolute Gasteiger partial charge is 0.243 e. The van der Waals surface area contributed by atoms with Gasteiger partial charge in [-0.05, 0) is 18.6 Å². The Kier molecular flexibility index (Phi) is 5.66. The average molecular weight is 395 g/mol. The van der Waals surface area contributed by atoms with Crippen LogP contribution < -0.4 is 18.9 Å². The second-order valence-electron chi connectivity index (χ2n) is 5.81. The van der Waals surface area contributed by atoms with Gasteiger partial charge in [0.05, 0.1) is 45.2 Å². The van der Waals surface area contributed by atoms with E-state index in [2.05, 4.69) is 9.97 Å². The highest BCUT2D eigenvalue weighted by Crippen LogP contribution is 2.32. The lowest BCUT2D eigenvalue weighted by Gasteiger charge is -2.18. The Morgan fingerprint density at radius 3 is 2.48 bits per heavy atom. The second-order valence-corrected chi connectivity index (χ2v) is 7.75. The van der Waals surface area contributed by atoms with E-state index in [-0.39, 0.29) is 17.5 Å². The fourth-order valence-corrected chi connectivity index (χ4v) is 4.30. The molecule has 2 heterocycles. The molecule has 0 saturated carbocycles. The average Bonchev–Trinajstić information content (AvgIpc) is 3.16. The summed E-state index contributed by atoms with van der Waals surface area (Å²) in [6.45, 7) is 0.564. The van der Waals surface area contributed by atoms with Crippen LogP contribution in [0.5, 0.6) is 23.3 Å². The fraction of sp³-hybridized carbons (Fsp3) is 0.412. The van der Waals surface area contributed by atoms with E-state index in [1.165, 1.54) is 50.2 Å². The third-order valence-electron chi connectivity index (χ3n) is 4.19. The molecule has 1 atom stereocenters. The van der Waals surface area contributed by atoms with Crippen molar-refractivity contribution in [2.75, 3.05) is 34.4 Å². The first kappa shape index (κ1) is 19.2. The maximum Gasteiger partial charge on any atom is 0.243 e. The second kappa shape index (κ2) is 7.97. The molecule has 146 valence electrons. The van der Waals surface area contributed by atoms with Crippen LogP contribution in [0.25, 0.3) is 0 Å². The Balaban J connectivity index is 1.73. The Morgan fingerprint density at radius 2 is 1.78 bits per heavy atom. The Labute approximate surface area is 157 Å². The molecule has 3 rings (SSSR count). The summed E-state index contributed by atoms with van der Waals surface area (Å²) in [5.74, 6) is 1.46. The molecule has 0 bridgehead atoms. The summed E-state index contributed by atoms with van der Waals surface area (Å²) in [7, 11) is 0.767. The number of ether oxygens (including phenoxy) is 4. The Morgan fingerprint density at radius 1 is 1.04 bits per heavy atom. The quantitative estimate of drug-likeness (QED) is 0.693. The molecule has 0 spiro atoms. The molecule has 1 saturated heterocycles. The normalized spacial score (nSPS) is 17.5. The van der Waals surface area contributed by atoms with Crippen LogP contribution in [0.2, 0.25) is 0 Å². The van der Waals surface area contributed by atoms with Crippen LogP contribution in [0.15, 0.2) is 35.5 Å². The lowest BCUT2D eigenvalue weighted by Crippen LogP contribution is -2.31. The fourth-order valence-electron chi connectivity index (χ4n) is 2.80. The number of methoxy groups -OCH3 is 3. The maximum atomic E-state index is 12.9. The number of nitrogens with zero attached hydrogens (tertiary/aromatic N) is 3. The molecular weight excluding hydrogens is 374 g/mol. The van der Waals surface area contributed by atoms with E-state index < -0.39 is 10.0 Å². The maximum absolute atomic E-state index is 12.9. The van der Waals surface area contributed by atoms with Gasteiger partial charge in [-0.15, -0.1) is 0 Å². The van der Waals surface area contributed by atoms with Crippen molar-refractivity contribution in [2.24, 2.45) is 0 Å². The molecule has 1 aromatic heterocycles. The molecule has 2 aromatic rings. The molecule has 27 heavy (non-hydrogen) atoms. The van der Waals surface area contributed by atoms with E-state index in [9.17, 15) is 8.42 Å². The number of sulfonamides is 1. The predicted molar refractivity (Wildman–Crippen MR) is 95.9 cm³/mol. The highest BCUT2D eigenvalue weighted by Gasteiger charge is 2.34. The molecule has 1 fully saturated rings. The van der Waals surface area contributed by atoms with Crippen LogP contribution in [-0.4, -0.2) is 63.2 Å². The summed E-state index contributed by atoms with van der Waals surface area (Å²) in [5.41, 5.74) is 0. The minimum atomic E-state index is -3.68. The molecule has 0 aliphatic carbocycles. The third kappa shape index (κ3) is 4.06. The highest BCUT2D eigenvalue weighted by atomic mass is 32.2. The first-order valence-corrected chi connectivity index (χ1v) is 9.66. The standard InChI is InChI=1S/C17H21N3O6S/c1-23-14-5-4-13(8-15(14)24-2)27(21,22)20-7-6-12(11-20)26-17-10-18-9-16(19-17)25-3/h4-5,8-10,12H,6-7,11H2,1-3H3. The van der Waals surface area contributed by atoms with E-state index >= 15 is 0 Å². The van der Waals surface area contributed by atoms with Crippen molar-refractivity contribution < 1.29 is 27.4 Å². The molecule has 1 aromatic carbocycles. The minimum Gasteiger partial charge on any atom is -0.493 e. The topological polar surface area (TPSA) is 100 Å². The van der Waals surface area contributed by atoms with Gasteiger partial charge in [-0.3, -0.25) is 4.98 Å². The van der Waals surface area contributed by atoms with Gasteiger partial charge in [0, 0.05) is 12.6 Å². The predicted octanol–water partition coefficient (Wildman–Crippen LogP) is 1.34. The van der Waals surface area contributed by atoms with Gasteiger partial charge < -0.3 is 18.9 Å². The number of hydrogen-bond acceptors (Lipinski definition) is 8. The van der Waals surface area contributed by atoms with Gasteiger partial charge in [-0.1, -0.05) is 0 Å². The first-order valence-electron chi connectivity index (χ1n) is 8.22. The molecule has 9 nitrogen and oxygen atoms in total. The minimum absolute atomic E-state index is 0.141. The molecule has 10 heteroatoms. The molecule has 0 N–H and O–H groups in total. The molecule has 0 radical (unpaired) electrons. The van der Waals surface area contributed by atoms with Crippen molar-refractivity contribution in [3.8, 4) is 23.3 Å². The van der Waals surface area contributed by atoms with Crippen molar-refractivity contribution >= 4 is 10.0 Å². The van der Waals surface area contributed by atoms with E-state index in [1.54, 1.807) is 6.07 Å². The zero-order chi connectivity index (χ0) is 19.4. The largest absolute Gasteiger partial charge is 0.493 e. The molecule has 1 aliphatic heterocycles. The van der Waals surface area contributed by atoms with Crippen LogP contribution in [0, 0.1) is 0 Å². The third-order valence-corrected chi connectivity index (χ3v) is 6.05. The van der Waals surface area contributed by atoms with Gasteiger partial charge in [0.25, 0.3) is 0 Å². The van der Waals surface area contributed by atoms with Crippen molar-refractivity contribution in [2.45, 2.75) is 17.4 Å². The summed E-state index contributed by atoms with van der Waals surface area (Å²) in [4.78, 5) is 8.26. The summed E-state index contributed by atoms with van der Waals surface area (Å²) in [6, 6.07) is 4.52. The first-order chi connectivity index (χ1) is 13.0. The lowest BCUT2D eigenvalue weighted by atomic mass is 10.3. The zero-order valence-corrected chi connectivity index (χ0v) is 16.1. The number of aromatic nitrogens is 2. The van der Waals surface area contributed by atoms with Crippen LogP contribution >= 0.6 is 0 Å². The van der Waals surface area contributed by atoms with Crippen LogP contribution in [0.4, 0.5) is 0 Å². The van der Waals surface area contributed by atoms with Crippen molar-refractivity contribution in [3.05, 3.63) is 30.6 Å². The highest BCUT2D eigenvalue weighted by molar-refractivity contribution is 7.89. The number of rotatable bonds is 7. The summed E-state index contributed by atoms with van der Waals surface area (Å²) in [5, 5.41) is 0. The number of hydrogen-bond donors (Lipinski definition) is 0. The van der Waals surface area contributed by atoms with Gasteiger partial charge >= 0.3 is 0 Å². The van der Waals surface area contributed by atoms with Crippen LogP contribution in [-0.2, 0) is 10.0 Å². The number of benzene rings is 1. The summed E-state index contributed by atoms with van der Waals surface area (Å²) >= 11 is 0. The van der Waals surface area contributed by atoms with E-state index in [4.69, 9.17) is 18.9 Å². The Hall–Kier alpha value is -2.59. The van der Waals surface area contributed by atoms with E-state index in [0.717, 1.165) is 0 Å².